The van der Waals surface area contributed by atoms with Crippen molar-refractivity contribution in [2.24, 2.45) is 0 Å². The summed E-state index contributed by atoms with van der Waals surface area (Å²) in [7, 11) is 0. The maximum Gasteiger partial charge on any atom is 0.240 e. The van der Waals surface area contributed by atoms with E-state index < -0.39 is 0 Å². The summed E-state index contributed by atoms with van der Waals surface area (Å²) in [6, 6.07) is 8.01. The number of nitriles is 1. The second kappa shape index (κ2) is 6.07. The fourth-order valence-corrected chi connectivity index (χ4v) is 2.35. The van der Waals surface area contributed by atoms with Gasteiger partial charge in [0.15, 0.2) is 5.13 Å². The minimum atomic E-state index is -0.370. The van der Waals surface area contributed by atoms with Gasteiger partial charge in [0.05, 0.1) is 6.07 Å². The Balaban J connectivity index is 1.99. The van der Waals surface area contributed by atoms with E-state index in [0.29, 0.717) is 11.6 Å². The van der Waals surface area contributed by atoms with Crippen LogP contribution < -0.4 is 5.32 Å². The lowest BCUT2D eigenvalue weighted by Crippen LogP contribution is -2.09. The molecular formula is C13H10FN3OS. The van der Waals surface area contributed by atoms with E-state index in [4.69, 9.17) is 5.26 Å². The summed E-state index contributed by atoms with van der Waals surface area (Å²) in [5.74, 6) is -0.636. The van der Waals surface area contributed by atoms with Crippen LogP contribution in [0, 0.1) is 17.1 Å². The Morgan fingerprint density at radius 1 is 1.42 bits per heavy atom. The zero-order chi connectivity index (χ0) is 13.7. The van der Waals surface area contributed by atoms with Crippen LogP contribution in [0.15, 0.2) is 30.5 Å². The number of anilines is 1. The van der Waals surface area contributed by atoms with Crippen LogP contribution in [0.2, 0.25) is 0 Å². The molecule has 0 spiro atoms. The van der Waals surface area contributed by atoms with Gasteiger partial charge in [-0.3, -0.25) is 4.79 Å². The number of carbonyl (C=O) groups excluding carboxylic acids is 1. The monoisotopic (exact) mass is 275 g/mol. The second-order valence-electron chi connectivity index (χ2n) is 3.82. The van der Waals surface area contributed by atoms with Gasteiger partial charge in [-0.05, 0) is 17.7 Å². The molecule has 0 aliphatic rings. The molecule has 1 N–H and O–H groups in total. The van der Waals surface area contributed by atoms with Crippen molar-refractivity contribution in [3.8, 4) is 6.07 Å². The van der Waals surface area contributed by atoms with Crippen LogP contribution in [0.1, 0.15) is 16.9 Å². The molecule has 1 aromatic heterocycles. The second-order valence-corrected chi connectivity index (χ2v) is 4.93. The summed E-state index contributed by atoms with van der Waals surface area (Å²) in [6.45, 7) is 0. The number of nitrogens with zero attached hydrogens (tertiary/aromatic N) is 2. The average molecular weight is 275 g/mol. The number of thiazole rings is 1. The Morgan fingerprint density at radius 2 is 2.16 bits per heavy atom. The fourth-order valence-electron chi connectivity index (χ4n) is 1.49. The Kier molecular flexibility index (Phi) is 4.21. The molecule has 0 bridgehead atoms. The number of rotatable bonds is 4. The Hall–Kier alpha value is -2.26. The van der Waals surface area contributed by atoms with E-state index in [1.165, 1.54) is 23.5 Å². The number of benzene rings is 1. The Bertz CT molecular complexity index is 616. The summed E-state index contributed by atoms with van der Waals surface area (Å²) in [6.07, 6.45) is 2.11. The predicted molar refractivity (Wildman–Crippen MR) is 70.2 cm³/mol. The number of amides is 1. The molecule has 0 unspecified atom stereocenters. The first-order valence-corrected chi connectivity index (χ1v) is 6.35. The van der Waals surface area contributed by atoms with Crippen LogP contribution >= 0.6 is 11.3 Å². The first-order valence-electron chi connectivity index (χ1n) is 5.53. The molecular weight excluding hydrogens is 265 g/mol. The fraction of sp³-hybridized carbons (Fsp3) is 0.154. The molecule has 0 atom stereocenters. The van der Waals surface area contributed by atoms with Crippen molar-refractivity contribution in [2.45, 2.75) is 12.8 Å². The van der Waals surface area contributed by atoms with Crippen LogP contribution in [0.4, 0.5) is 9.52 Å². The van der Waals surface area contributed by atoms with E-state index in [1.807, 2.05) is 0 Å². The van der Waals surface area contributed by atoms with Crippen LogP contribution in [0.5, 0.6) is 0 Å². The summed E-state index contributed by atoms with van der Waals surface area (Å²) >= 11 is 1.34. The highest BCUT2D eigenvalue weighted by molar-refractivity contribution is 7.15. The summed E-state index contributed by atoms with van der Waals surface area (Å²) < 4.78 is 12.8. The number of hydrogen-bond acceptors (Lipinski definition) is 4. The van der Waals surface area contributed by atoms with Gasteiger partial charge in [-0.1, -0.05) is 12.1 Å². The number of nitrogens with one attached hydrogen (secondary N) is 1. The highest BCUT2D eigenvalue weighted by atomic mass is 32.1. The lowest BCUT2D eigenvalue weighted by molar-refractivity contribution is -0.115. The van der Waals surface area contributed by atoms with Crippen molar-refractivity contribution < 1.29 is 9.18 Å². The quantitative estimate of drug-likeness (QED) is 0.933. The number of halogens is 1. The minimum Gasteiger partial charge on any atom is -0.301 e. The topological polar surface area (TPSA) is 65.8 Å². The van der Waals surface area contributed by atoms with Gasteiger partial charge in [-0.15, -0.1) is 11.3 Å². The molecule has 19 heavy (non-hydrogen) atoms. The molecule has 96 valence electrons. The number of carbonyl (C=O) groups is 1. The molecule has 1 aromatic carbocycles. The van der Waals surface area contributed by atoms with E-state index in [9.17, 15) is 9.18 Å². The Morgan fingerprint density at radius 3 is 2.84 bits per heavy atom. The van der Waals surface area contributed by atoms with Gasteiger partial charge in [-0.25, -0.2) is 9.37 Å². The molecule has 0 radical (unpaired) electrons. The van der Waals surface area contributed by atoms with Crippen LogP contribution in [0.3, 0.4) is 0 Å². The van der Waals surface area contributed by atoms with E-state index in [2.05, 4.69) is 10.3 Å². The van der Waals surface area contributed by atoms with Gasteiger partial charge in [-0.2, -0.15) is 5.26 Å². The van der Waals surface area contributed by atoms with Gasteiger partial charge in [0.1, 0.15) is 12.2 Å². The minimum absolute atomic E-state index is 0.188. The molecule has 2 rings (SSSR count). The van der Waals surface area contributed by atoms with Crippen LogP contribution in [-0.2, 0) is 11.2 Å². The highest BCUT2D eigenvalue weighted by Crippen LogP contribution is 2.21. The van der Waals surface area contributed by atoms with E-state index >= 15 is 0 Å². The first kappa shape index (κ1) is 13.2. The normalized spacial score (nSPS) is 9.89. The molecule has 1 amide bonds. The maximum atomic E-state index is 12.8. The van der Waals surface area contributed by atoms with Crippen molar-refractivity contribution in [1.82, 2.24) is 4.98 Å². The van der Waals surface area contributed by atoms with Crippen LogP contribution in [-0.4, -0.2) is 10.9 Å². The van der Waals surface area contributed by atoms with Crippen molar-refractivity contribution in [3.63, 3.8) is 0 Å². The molecule has 2 aromatic rings. The third kappa shape index (κ3) is 3.86. The summed E-state index contributed by atoms with van der Waals surface area (Å²) in [4.78, 5) is 16.2. The molecule has 1 heterocycles. The van der Waals surface area contributed by atoms with E-state index in [0.717, 1.165) is 10.4 Å². The average Bonchev–Trinajstić information content (AvgIpc) is 2.80. The number of aromatic nitrogens is 1. The molecule has 4 nitrogen and oxygen atoms in total. The lowest BCUT2D eigenvalue weighted by Gasteiger charge is -1.98. The molecule has 0 saturated carbocycles. The van der Waals surface area contributed by atoms with Gasteiger partial charge >= 0.3 is 0 Å². The van der Waals surface area contributed by atoms with Crippen molar-refractivity contribution in [2.75, 3.05) is 5.32 Å². The van der Waals surface area contributed by atoms with Crippen LogP contribution in [0.25, 0.3) is 0 Å². The smallest absolute Gasteiger partial charge is 0.240 e. The van der Waals surface area contributed by atoms with Gasteiger partial charge in [0.2, 0.25) is 5.91 Å². The van der Waals surface area contributed by atoms with E-state index in [1.54, 1.807) is 24.4 Å². The predicted octanol–water partition coefficient (Wildman–Crippen LogP) is 2.73. The lowest BCUT2D eigenvalue weighted by atomic mass is 10.1. The maximum absolute atomic E-state index is 12.8. The highest BCUT2D eigenvalue weighted by Gasteiger charge is 2.06. The zero-order valence-electron chi connectivity index (χ0n) is 9.89. The number of hydrogen-bond donors (Lipinski definition) is 1. The molecule has 0 aliphatic heterocycles. The molecule has 0 saturated heterocycles. The van der Waals surface area contributed by atoms with Gasteiger partial charge in [0, 0.05) is 17.5 Å². The van der Waals surface area contributed by atoms with E-state index in [-0.39, 0.29) is 18.1 Å². The first-order chi connectivity index (χ1) is 9.17. The molecule has 0 aliphatic carbocycles. The van der Waals surface area contributed by atoms with Gasteiger partial charge in [0.25, 0.3) is 0 Å². The third-order valence-corrected chi connectivity index (χ3v) is 3.24. The van der Waals surface area contributed by atoms with Crippen molar-refractivity contribution >= 4 is 22.4 Å². The standard InChI is InChI=1S/C13H10FN3OS/c14-10-3-1-9(2-4-10)7-11-8-16-13(19-11)17-12(18)5-6-15/h1-4,8H,5,7H2,(H,16,17,18). The zero-order valence-corrected chi connectivity index (χ0v) is 10.7. The summed E-state index contributed by atoms with van der Waals surface area (Å²) in [5, 5.41) is 11.4. The third-order valence-electron chi connectivity index (χ3n) is 2.33. The van der Waals surface area contributed by atoms with Gasteiger partial charge < -0.3 is 5.32 Å². The SMILES string of the molecule is N#CCC(=O)Nc1ncc(Cc2ccc(F)cc2)s1. The van der Waals surface area contributed by atoms with Crippen molar-refractivity contribution in [1.29, 1.82) is 5.26 Å². The molecule has 0 fully saturated rings. The summed E-state index contributed by atoms with van der Waals surface area (Å²) in [5.41, 5.74) is 0.972. The van der Waals surface area contributed by atoms with Crippen molar-refractivity contribution in [3.05, 3.63) is 46.7 Å². The molecule has 6 heteroatoms. The Labute approximate surface area is 113 Å². The largest absolute Gasteiger partial charge is 0.301 e.